The van der Waals surface area contributed by atoms with Gasteiger partial charge in [-0.3, -0.25) is 0 Å². The van der Waals surface area contributed by atoms with Gasteiger partial charge >= 0.3 is 0 Å². The van der Waals surface area contributed by atoms with Crippen LogP contribution in [0.25, 0.3) is 0 Å². The van der Waals surface area contributed by atoms with E-state index in [0.29, 0.717) is 5.41 Å². The van der Waals surface area contributed by atoms with E-state index in [1.807, 2.05) is 0 Å². The monoisotopic (exact) mass is 176 g/mol. The van der Waals surface area contributed by atoms with Crippen molar-refractivity contribution >= 4 is 0 Å². The SMILES string of the molecule is CCC(C)(CC)c1cccc(C)c1. The molecular formula is C13H20. The molecule has 0 atom stereocenters. The zero-order valence-electron chi connectivity index (χ0n) is 9.22. The van der Waals surface area contributed by atoms with Gasteiger partial charge in [0.1, 0.15) is 0 Å². The second-order valence-corrected chi connectivity index (χ2v) is 4.14. The number of benzene rings is 1. The summed E-state index contributed by atoms with van der Waals surface area (Å²) in [6, 6.07) is 8.89. The fourth-order valence-corrected chi connectivity index (χ4v) is 1.68. The Morgan fingerprint density at radius 1 is 1.15 bits per heavy atom. The number of rotatable bonds is 3. The molecule has 1 rings (SSSR count). The minimum absolute atomic E-state index is 0.367. The van der Waals surface area contributed by atoms with Crippen molar-refractivity contribution in [1.82, 2.24) is 0 Å². The maximum atomic E-state index is 2.35. The molecule has 0 heteroatoms. The first-order valence-corrected chi connectivity index (χ1v) is 5.19. The van der Waals surface area contributed by atoms with Crippen LogP contribution in [-0.4, -0.2) is 0 Å². The average molecular weight is 176 g/mol. The van der Waals surface area contributed by atoms with Crippen molar-refractivity contribution in [1.29, 1.82) is 0 Å². The molecule has 1 aromatic rings. The summed E-state index contributed by atoms with van der Waals surface area (Å²) in [5.74, 6) is 0. The molecule has 0 aliphatic carbocycles. The number of hydrogen-bond acceptors (Lipinski definition) is 0. The Hall–Kier alpha value is -0.780. The smallest absolute Gasteiger partial charge is 0.00804 e. The van der Waals surface area contributed by atoms with Gasteiger partial charge in [-0.15, -0.1) is 0 Å². The minimum Gasteiger partial charge on any atom is -0.0645 e. The maximum absolute atomic E-state index is 2.35. The first kappa shape index (κ1) is 10.3. The fraction of sp³-hybridized carbons (Fsp3) is 0.538. The van der Waals surface area contributed by atoms with Gasteiger partial charge in [-0.1, -0.05) is 50.6 Å². The summed E-state index contributed by atoms with van der Waals surface area (Å²) in [6.07, 6.45) is 2.43. The van der Waals surface area contributed by atoms with E-state index in [4.69, 9.17) is 0 Å². The lowest BCUT2D eigenvalue weighted by atomic mass is 9.77. The van der Waals surface area contributed by atoms with Crippen LogP contribution in [0.5, 0.6) is 0 Å². The highest BCUT2D eigenvalue weighted by Crippen LogP contribution is 2.30. The number of aryl methyl sites for hydroxylation is 1. The van der Waals surface area contributed by atoms with Gasteiger partial charge in [0.05, 0.1) is 0 Å². The van der Waals surface area contributed by atoms with Gasteiger partial charge in [-0.25, -0.2) is 0 Å². The van der Waals surface area contributed by atoms with Crippen molar-refractivity contribution in [2.45, 2.75) is 46.0 Å². The van der Waals surface area contributed by atoms with Crippen molar-refractivity contribution in [3.8, 4) is 0 Å². The lowest BCUT2D eigenvalue weighted by Crippen LogP contribution is -2.19. The van der Waals surface area contributed by atoms with Crippen LogP contribution in [0.1, 0.15) is 44.7 Å². The molecule has 13 heavy (non-hydrogen) atoms. The predicted octanol–water partition coefficient (Wildman–Crippen LogP) is 4.07. The van der Waals surface area contributed by atoms with E-state index in [2.05, 4.69) is 52.0 Å². The van der Waals surface area contributed by atoms with Gasteiger partial charge < -0.3 is 0 Å². The largest absolute Gasteiger partial charge is 0.0645 e. The zero-order chi connectivity index (χ0) is 9.90. The summed E-state index contributed by atoms with van der Waals surface area (Å²) in [7, 11) is 0. The fourth-order valence-electron chi connectivity index (χ4n) is 1.68. The summed E-state index contributed by atoms with van der Waals surface area (Å²) >= 11 is 0. The lowest BCUT2D eigenvalue weighted by Gasteiger charge is -2.27. The second-order valence-electron chi connectivity index (χ2n) is 4.14. The highest BCUT2D eigenvalue weighted by molar-refractivity contribution is 5.28. The standard InChI is InChI=1S/C13H20/c1-5-13(4,6-2)12-9-7-8-11(3)10-12/h7-10H,5-6H2,1-4H3. The van der Waals surface area contributed by atoms with Crippen LogP contribution in [0.2, 0.25) is 0 Å². The average Bonchev–Trinajstić information content (AvgIpc) is 2.17. The van der Waals surface area contributed by atoms with Gasteiger partial charge in [-0.05, 0) is 30.7 Å². The van der Waals surface area contributed by atoms with E-state index >= 15 is 0 Å². The molecule has 0 saturated carbocycles. The molecule has 1 aromatic carbocycles. The highest BCUT2D eigenvalue weighted by atomic mass is 14.3. The molecule has 0 fully saturated rings. The molecular weight excluding hydrogens is 156 g/mol. The van der Waals surface area contributed by atoms with Crippen LogP contribution in [-0.2, 0) is 5.41 Å². The van der Waals surface area contributed by atoms with Crippen molar-refractivity contribution in [3.63, 3.8) is 0 Å². The highest BCUT2D eigenvalue weighted by Gasteiger charge is 2.21. The van der Waals surface area contributed by atoms with E-state index in [-0.39, 0.29) is 0 Å². The molecule has 0 N–H and O–H groups in total. The van der Waals surface area contributed by atoms with Crippen molar-refractivity contribution in [3.05, 3.63) is 35.4 Å². The molecule has 0 bridgehead atoms. The Bertz CT molecular complexity index is 269. The Morgan fingerprint density at radius 2 is 1.77 bits per heavy atom. The van der Waals surface area contributed by atoms with Crippen molar-refractivity contribution in [2.75, 3.05) is 0 Å². The lowest BCUT2D eigenvalue weighted by molar-refractivity contribution is 0.438. The zero-order valence-corrected chi connectivity index (χ0v) is 9.22. The van der Waals surface area contributed by atoms with Gasteiger partial charge in [0.15, 0.2) is 0 Å². The molecule has 0 heterocycles. The summed E-state index contributed by atoms with van der Waals surface area (Å²) in [4.78, 5) is 0. The van der Waals surface area contributed by atoms with Crippen LogP contribution in [0.3, 0.4) is 0 Å². The summed E-state index contributed by atoms with van der Waals surface area (Å²) in [5, 5.41) is 0. The molecule has 0 unspecified atom stereocenters. The Balaban J connectivity index is 3.05. The van der Waals surface area contributed by atoms with Crippen LogP contribution in [0, 0.1) is 6.92 Å². The summed E-state index contributed by atoms with van der Waals surface area (Å²) < 4.78 is 0. The number of hydrogen-bond donors (Lipinski definition) is 0. The summed E-state index contributed by atoms with van der Waals surface area (Å²) in [5.41, 5.74) is 3.22. The van der Waals surface area contributed by atoms with E-state index in [0.717, 1.165) is 0 Å². The van der Waals surface area contributed by atoms with Crippen molar-refractivity contribution < 1.29 is 0 Å². The van der Waals surface area contributed by atoms with Gasteiger partial charge in [0, 0.05) is 0 Å². The molecule has 0 aliphatic heterocycles. The molecule has 0 spiro atoms. The first-order chi connectivity index (χ1) is 6.12. The predicted molar refractivity (Wildman–Crippen MR) is 59.1 cm³/mol. The minimum atomic E-state index is 0.367. The molecule has 0 aliphatic rings. The normalized spacial score (nSPS) is 11.7. The van der Waals surface area contributed by atoms with Gasteiger partial charge in [0.25, 0.3) is 0 Å². The van der Waals surface area contributed by atoms with Crippen LogP contribution in [0.15, 0.2) is 24.3 Å². The molecule has 0 saturated heterocycles. The third kappa shape index (κ3) is 2.12. The van der Waals surface area contributed by atoms with E-state index in [9.17, 15) is 0 Å². The molecule has 0 radical (unpaired) electrons. The third-order valence-electron chi connectivity index (χ3n) is 3.28. The molecule has 0 nitrogen and oxygen atoms in total. The van der Waals surface area contributed by atoms with E-state index < -0.39 is 0 Å². The van der Waals surface area contributed by atoms with Crippen molar-refractivity contribution in [2.24, 2.45) is 0 Å². The van der Waals surface area contributed by atoms with Crippen LogP contribution < -0.4 is 0 Å². The second kappa shape index (κ2) is 3.95. The van der Waals surface area contributed by atoms with Crippen LogP contribution in [0.4, 0.5) is 0 Å². The van der Waals surface area contributed by atoms with Gasteiger partial charge in [0.2, 0.25) is 0 Å². The third-order valence-corrected chi connectivity index (χ3v) is 3.28. The molecule has 0 aromatic heterocycles. The Labute approximate surface area is 82.0 Å². The topological polar surface area (TPSA) is 0 Å². The Morgan fingerprint density at radius 3 is 2.23 bits per heavy atom. The quantitative estimate of drug-likeness (QED) is 0.651. The van der Waals surface area contributed by atoms with Gasteiger partial charge in [-0.2, -0.15) is 0 Å². The van der Waals surface area contributed by atoms with E-state index in [1.54, 1.807) is 0 Å². The van der Waals surface area contributed by atoms with Crippen LogP contribution >= 0.6 is 0 Å². The Kier molecular flexibility index (Phi) is 3.13. The summed E-state index contributed by atoms with van der Waals surface area (Å²) in [6.45, 7) is 9.05. The maximum Gasteiger partial charge on any atom is -0.00804 e. The molecule has 0 amide bonds. The molecule has 72 valence electrons. The van der Waals surface area contributed by atoms with E-state index in [1.165, 1.54) is 24.0 Å². The first-order valence-electron chi connectivity index (χ1n) is 5.19.